The van der Waals surface area contributed by atoms with Crippen molar-refractivity contribution in [2.75, 3.05) is 27.2 Å². The van der Waals surface area contributed by atoms with E-state index in [2.05, 4.69) is 40.3 Å². The van der Waals surface area contributed by atoms with E-state index in [1.165, 1.54) is 0 Å². The van der Waals surface area contributed by atoms with E-state index in [1.54, 1.807) is 7.11 Å². The minimum absolute atomic E-state index is 0.126. The molecule has 9 heteroatoms. The predicted octanol–water partition coefficient (Wildman–Crippen LogP) is 3.41. The van der Waals surface area contributed by atoms with Gasteiger partial charge in [-0.05, 0) is 44.2 Å². The molecule has 8 nitrogen and oxygen atoms in total. The summed E-state index contributed by atoms with van der Waals surface area (Å²) in [5.74, 6) is 0.646. The van der Waals surface area contributed by atoms with Gasteiger partial charge in [0.25, 0.3) is 0 Å². The molecule has 0 aliphatic rings. The Hall–Kier alpha value is -3.39. The Bertz CT molecular complexity index is 887. The molecule has 0 fully saturated rings. The minimum Gasteiger partial charge on any atom is -0.495 e. The van der Waals surface area contributed by atoms with Crippen LogP contribution in [0.25, 0.3) is 0 Å². The Balaban J connectivity index is 0.00000497. The third-order valence-corrected chi connectivity index (χ3v) is 4.72. The van der Waals surface area contributed by atoms with Gasteiger partial charge in [-0.15, -0.1) is 13.2 Å². The smallest absolute Gasteiger partial charge is 0.192 e. The molecule has 0 atom stereocenters. The molecule has 0 radical (unpaired) electrons. The van der Waals surface area contributed by atoms with Gasteiger partial charge < -0.3 is 31.7 Å². The van der Waals surface area contributed by atoms with E-state index in [9.17, 15) is 0 Å². The van der Waals surface area contributed by atoms with Gasteiger partial charge in [0.15, 0.2) is 11.1 Å². The third-order valence-electron chi connectivity index (χ3n) is 4.46. The van der Waals surface area contributed by atoms with Crippen molar-refractivity contribution >= 4 is 17.6 Å². The molecule has 6 N–H and O–H groups in total. The van der Waals surface area contributed by atoms with Crippen LogP contribution in [0.1, 0.15) is 23.7 Å². The zero-order valence-corrected chi connectivity index (χ0v) is 21.2. The van der Waals surface area contributed by atoms with Gasteiger partial charge in [0, 0.05) is 32.9 Å². The fraction of sp³-hybridized carbons (Fsp3) is 0.333. The highest BCUT2D eigenvalue weighted by molar-refractivity contribution is 6.30. The average Bonchev–Trinajstić information content (AvgIpc) is 2.77. The molecule has 0 saturated heterocycles. The van der Waals surface area contributed by atoms with Gasteiger partial charge in [-0.3, -0.25) is 4.98 Å². The van der Waals surface area contributed by atoms with Crippen LogP contribution in [0, 0.1) is 13.8 Å². The fourth-order valence-electron chi connectivity index (χ4n) is 2.85. The number of nitrogens with zero attached hydrogens (tertiary/aromatic N) is 3. The molecule has 1 aromatic heterocycles. The van der Waals surface area contributed by atoms with Crippen LogP contribution in [0.3, 0.4) is 0 Å². The van der Waals surface area contributed by atoms with E-state index in [0.29, 0.717) is 31.0 Å². The Morgan fingerprint density at radius 1 is 1.30 bits per heavy atom. The van der Waals surface area contributed by atoms with Crippen molar-refractivity contribution in [1.29, 1.82) is 0 Å². The second kappa shape index (κ2) is 16.3. The van der Waals surface area contributed by atoms with Crippen molar-refractivity contribution in [3.8, 4) is 5.75 Å². The van der Waals surface area contributed by atoms with E-state index in [-0.39, 0.29) is 11.1 Å². The van der Waals surface area contributed by atoms with Crippen molar-refractivity contribution in [1.82, 2.24) is 20.5 Å². The first-order chi connectivity index (χ1) is 15.7. The number of aryl methyl sites for hydroxylation is 1. The van der Waals surface area contributed by atoms with E-state index >= 15 is 0 Å². The molecule has 0 bridgehead atoms. The molecule has 0 spiro atoms. The summed E-state index contributed by atoms with van der Waals surface area (Å²) in [4.78, 5) is 10.3. The van der Waals surface area contributed by atoms with Crippen LogP contribution in [0.4, 0.5) is 0 Å². The summed E-state index contributed by atoms with van der Waals surface area (Å²) >= 11 is 6.41. The molecule has 33 heavy (non-hydrogen) atoms. The van der Waals surface area contributed by atoms with Crippen molar-refractivity contribution < 1.29 is 4.74 Å². The zero-order chi connectivity index (χ0) is 25.4. The number of aromatic nitrogens is 1. The minimum atomic E-state index is -0.126. The summed E-state index contributed by atoms with van der Waals surface area (Å²) in [7, 11) is 3.53. The molecular formula is C24H38ClN7O. The van der Waals surface area contributed by atoms with Gasteiger partial charge in [-0.1, -0.05) is 30.3 Å². The summed E-state index contributed by atoms with van der Waals surface area (Å²) in [5.41, 5.74) is 15.1. The maximum atomic E-state index is 6.41. The van der Waals surface area contributed by atoms with E-state index < -0.39 is 0 Å². The number of allylic oxidation sites excluding steroid dienone is 3. The molecule has 182 valence electrons. The molecule has 0 aliphatic heterocycles. The maximum Gasteiger partial charge on any atom is 0.192 e. The van der Waals surface area contributed by atoms with Gasteiger partial charge in [0.1, 0.15) is 5.75 Å². The van der Waals surface area contributed by atoms with Crippen LogP contribution in [0.5, 0.6) is 5.75 Å². The third kappa shape index (κ3) is 10.2. The molecule has 0 aliphatic carbocycles. The van der Waals surface area contributed by atoms with Crippen LogP contribution in [-0.4, -0.2) is 43.1 Å². The molecule has 0 aromatic carbocycles. The van der Waals surface area contributed by atoms with Crippen molar-refractivity contribution in [3.05, 3.63) is 83.7 Å². The second-order valence-corrected chi connectivity index (χ2v) is 7.15. The summed E-state index contributed by atoms with van der Waals surface area (Å²) in [6.07, 6.45) is 9.52. The Morgan fingerprint density at radius 2 is 1.97 bits per heavy atom. The largest absolute Gasteiger partial charge is 0.495 e. The van der Waals surface area contributed by atoms with E-state index in [0.717, 1.165) is 22.6 Å². The van der Waals surface area contributed by atoms with Crippen LogP contribution >= 0.6 is 11.6 Å². The van der Waals surface area contributed by atoms with Crippen molar-refractivity contribution in [2.45, 2.75) is 27.3 Å². The number of hydrogen-bond donors (Lipinski definition) is 4. The van der Waals surface area contributed by atoms with Crippen LogP contribution in [0.15, 0.2) is 71.9 Å². The number of aliphatic imine (C=N–C) groups is 1. The lowest BCUT2D eigenvalue weighted by Gasteiger charge is -2.25. The number of rotatable bonds is 12. The van der Waals surface area contributed by atoms with Gasteiger partial charge in [0.2, 0.25) is 0 Å². The van der Waals surface area contributed by atoms with Gasteiger partial charge in [-0.25, -0.2) is 4.99 Å². The fourth-order valence-corrected chi connectivity index (χ4v) is 3.21. The number of methoxy groups -OCH3 is 1. The molecule has 1 rings (SSSR count). The molecule has 1 heterocycles. The summed E-state index contributed by atoms with van der Waals surface area (Å²) < 4.78 is 5.46. The maximum absolute atomic E-state index is 6.41. The number of nitrogens with one attached hydrogen (secondary N) is 2. The number of hydrogen-bond acceptors (Lipinski definition) is 6. The predicted molar refractivity (Wildman–Crippen MR) is 141 cm³/mol. The monoisotopic (exact) mass is 475 g/mol. The van der Waals surface area contributed by atoms with Crippen molar-refractivity contribution in [3.63, 3.8) is 0 Å². The second-order valence-electron chi connectivity index (χ2n) is 6.80. The van der Waals surface area contributed by atoms with E-state index in [1.807, 2.05) is 63.3 Å². The topological polar surface area (TPSA) is 114 Å². The lowest BCUT2D eigenvalue weighted by Crippen LogP contribution is -2.31. The van der Waals surface area contributed by atoms with Gasteiger partial charge in [-0.2, -0.15) is 0 Å². The Kier molecular flexibility index (Phi) is 14.6. The number of halogens is 1. The molecule has 0 saturated carbocycles. The first-order valence-electron chi connectivity index (χ1n) is 10.4. The lowest BCUT2D eigenvalue weighted by atomic mass is 10.1. The highest BCUT2D eigenvalue weighted by atomic mass is 35.5. The average molecular weight is 476 g/mol. The summed E-state index contributed by atoms with van der Waals surface area (Å²) in [5, 5.41) is 6.66. The standard InChI is InChI=1S/C22H34ClN7O.C2H4/c1-7-8-9-10-26-11-12-30(5)19(21(23)29-22(24)25)16(3)27-13-18-14-28-17(4)20(31-6)15(18)2;1-2/h7-10,14,26-27H,3,11-13H2,1-2,4-6H3,(H4,24,25,29);1-2H2/b8-7-,10-9-,21-19+;. The molecule has 0 amide bonds. The van der Waals surface area contributed by atoms with Crippen molar-refractivity contribution in [2.24, 2.45) is 16.5 Å². The number of nitrogens with two attached hydrogens (primary N) is 2. The quantitative estimate of drug-likeness (QED) is 0.0914. The van der Waals surface area contributed by atoms with Crippen LogP contribution < -0.4 is 26.8 Å². The number of ether oxygens (including phenoxy) is 1. The summed E-state index contributed by atoms with van der Waals surface area (Å²) in [6, 6.07) is 0. The highest BCUT2D eigenvalue weighted by Crippen LogP contribution is 2.25. The Morgan fingerprint density at radius 3 is 2.55 bits per heavy atom. The van der Waals surface area contributed by atoms with Crippen LogP contribution in [0.2, 0.25) is 0 Å². The van der Waals surface area contributed by atoms with Crippen LogP contribution in [-0.2, 0) is 6.54 Å². The Labute approximate surface area is 203 Å². The number of pyridine rings is 1. The zero-order valence-electron chi connectivity index (χ0n) is 20.4. The lowest BCUT2D eigenvalue weighted by molar-refractivity contribution is 0.404. The molecule has 1 aromatic rings. The number of likely N-dealkylation sites (N-methyl/N-ethyl adjacent to an activating group) is 1. The first kappa shape index (κ1) is 29.6. The molecular weight excluding hydrogens is 438 g/mol. The summed E-state index contributed by atoms with van der Waals surface area (Å²) in [6.45, 7) is 17.8. The van der Waals surface area contributed by atoms with Gasteiger partial charge >= 0.3 is 0 Å². The normalized spacial score (nSPS) is 11.3. The first-order valence-corrected chi connectivity index (χ1v) is 10.7. The highest BCUT2D eigenvalue weighted by Gasteiger charge is 2.16. The number of guanidine groups is 1. The molecule has 0 unspecified atom stereocenters. The van der Waals surface area contributed by atoms with E-state index in [4.69, 9.17) is 27.8 Å². The SMILES string of the molecule is C=C.C=C(NCc1cnc(C)c(OC)c1C)/C(=C(/Cl)N=C(N)N)N(C)CCN/C=C\C=C/C. The van der Waals surface area contributed by atoms with Gasteiger partial charge in [0.05, 0.1) is 24.2 Å².